The minimum Gasteiger partial charge on any atom is -0.307 e. The summed E-state index contributed by atoms with van der Waals surface area (Å²) in [4.78, 5) is 6.41. The van der Waals surface area contributed by atoms with Gasteiger partial charge in [0.2, 0.25) is 10.0 Å². The number of hydrogen-bond donors (Lipinski definition) is 2. The van der Waals surface area contributed by atoms with Gasteiger partial charge in [-0.3, -0.25) is 4.90 Å². The van der Waals surface area contributed by atoms with E-state index in [9.17, 15) is 8.42 Å². The van der Waals surface area contributed by atoms with Crippen LogP contribution in [0.2, 0.25) is 0 Å². The molecule has 2 heterocycles. The van der Waals surface area contributed by atoms with E-state index in [0.29, 0.717) is 19.1 Å². The second-order valence-corrected chi connectivity index (χ2v) is 7.10. The van der Waals surface area contributed by atoms with E-state index in [4.69, 9.17) is 5.84 Å². The van der Waals surface area contributed by atoms with Gasteiger partial charge >= 0.3 is 0 Å². The minimum atomic E-state index is -3.56. The van der Waals surface area contributed by atoms with Crippen LogP contribution in [0.15, 0.2) is 23.2 Å². The fourth-order valence-corrected chi connectivity index (χ4v) is 4.02. The molecule has 0 amide bonds. The van der Waals surface area contributed by atoms with Gasteiger partial charge in [0, 0.05) is 38.4 Å². The first-order chi connectivity index (χ1) is 10.0. The summed E-state index contributed by atoms with van der Waals surface area (Å²) in [6.45, 7) is 6.79. The van der Waals surface area contributed by atoms with Crippen LogP contribution in [-0.2, 0) is 10.0 Å². The van der Waals surface area contributed by atoms with Crippen molar-refractivity contribution in [1.82, 2.24) is 14.2 Å². The molecule has 1 aliphatic rings. The summed E-state index contributed by atoms with van der Waals surface area (Å²) in [6, 6.07) is 3.61. The Bertz CT molecular complexity index is 570. The van der Waals surface area contributed by atoms with Gasteiger partial charge in [0.15, 0.2) is 5.82 Å². The standard InChI is InChI=1S/C13H23N5O2S/c1-3-11(2)17-7-9-18(10-8-17)21(19,20)12-5-4-6-15-13(12)16-14/h4-6,11H,3,7-10,14H2,1-2H3,(H,15,16). The maximum Gasteiger partial charge on any atom is 0.246 e. The van der Waals surface area contributed by atoms with Gasteiger partial charge in [0.1, 0.15) is 4.90 Å². The first kappa shape index (κ1) is 16.2. The van der Waals surface area contributed by atoms with Gasteiger partial charge in [-0.15, -0.1) is 0 Å². The summed E-state index contributed by atoms with van der Waals surface area (Å²) in [5.74, 6) is 5.54. The number of nitrogen functional groups attached to an aromatic ring is 1. The Hall–Kier alpha value is -1.22. The molecule has 7 nitrogen and oxygen atoms in total. The fourth-order valence-electron chi connectivity index (χ4n) is 2.49. The number of nitrogens with two attached hydrogens (primary N) is 1. The molecule has 8 heteroatoms. The predicted molar refractivity (Wildman–Crippen MR) is 82.1 cm³/mol. The lowest BCUT2D eigenvalue weighted by atomic mass is 10.2. The number of hydrogen-bond acceptors (Lipinski definition) is 6. The lowest BCUT2D eigenvalue weighted by molar-refractivity contribution is 0.142. The van der Waals surface area contributed by atoms with Crippen molar-refractivity contribution in [2.75, 3.05) is 31.6 Å². The van der Waals surface area contributed by atoms with Crippen LogP contribution in [-0.4, -0.2) is 54.8 Å². The summed E-state index contributed by atoms with van der Waals surface area (Å²) >= 11 is 0. The molecule has 1 saturated heterocycles. The summed E-state index contributed by atoms with van der Waals surface area (Å²) in [6.07, 6.45) is 2.58. The molecule has 1 atom stereocenters. The van der Waals surface area contributed by atoms with Crippen LogP contribution in [0.4, 0.5) is 5.82 Å². The topological polar surface area (TPSA) is 91.6 Å². The molecule has 0 spiro atoms. The number of nitrogens with one attached hydrogen (secondary N) is 1. The monoisotopic (exact) mass is 313 g/mol. The Morgan fingerprint density at radius 1 is 1.38 bits per heavy atom. The van der Waals surface area contributed by atoms with Crippen molar-refractivity contribution in [2.24, 2.45) is 5.84 Å². The molecule has 1 aromatic rings. The van der Waals surface area contributed by atoms with E-state index in [0.717, 1.165) is 19.5 Å². The van der Waals surface area contributed by atoms with E-state index in [1.807, 2.05) is 0 Å². The van der Waals surface area contributed by atoms with Crippen LogP contribution >= 0.6 is 0 Å². The normalized spacial score (nSPS) is 19.4. The number of aromatic nitrogens is 1. The number of anilines is 1. The van der Waals surface area contributed by atoms with E-state index >= 15 is 0 Å². The second kappa shape index (κ2) is 6.69. The smallest absolute Gasteiger partial charge is 0.246 e. The number of piperazine rings is 1. The number of pyridine rings is 1. The van der Waals surface area contributed by atoms with E-state index in [1.165, 1.54) is 16.6 Å². The summed E-state index contributed by atoms with van der Waals surface area (Å²) in [5, 5.41) is 0. The van der Waals surface area contributed by atoms with Crippen molar-refractivity contribution >= 4 is 15.8 Å². The molecule has 3 N–H and O–H groups in total. The van der Waals surface area contributed by atoms with Crippen LogP contribution in [0.3, 0.4) is 0 Å². The highest BCUT2D eigenvalue weighted by Gasteiger charge is 2.31. The van der Waals surface area contributed by atoms with E-state index < -0.39 is 10.0 Å². The Morgan fingerprint density at radius 3 is 2.62 bits per heavy atom. The number of sulfonamides is 1. The lowest BCUT2D eigenvalue weighted by Gasteiger charge is -2.37. The van der Waals surface area contributed by atoms with Crippen molar-refractivity contribution in [3.05, 3.63) is 18.3 Å². The molecule has 21 heavy (non-hydrogen) atoms. The van der Waals surface area contributed by atoms with E-state index in [-0.39, 0.29) is 10.7 Å². The van der Waals surface area contributed by atoms with Crippen LogP contribution in [0.1, 0.15) is 20.3 Å². The molecule has 1 fully saturated rings. The SMILES string of the molecule is CCC(C)N1CCN(S(=O)(=O)c2cccnc2NN)CC1. The Morgan fingerprint density at radius 2 is 2.05 bits per heavy atom. The average molecular weight is 313 g/mol. The zero-order valence-corrected chi connectivity index (χ0v) is 13.3. The average Bonchev–Trinajstić information content (AvgIpc) is 2.54. The third-order valence-corrected chi connectivity index (χ3v) is 5.94. The van der Waals surface area contributed by atoms with Crippen molar-refractivity contribution in [3.8, 4) is 0 Å². The zero-order chi connectivity index (χ0) is 15.5. The Kier molecular flexibility index (Phi) is 5.15. The maximum absolute atomic E-state index is 12.7. The molecule has 1 unspecified atom stereocenters. The molecule has 0 saturated carbocycles. The van der Waals surface area contributed by atoms with Gasteiger partial charge < -0.3 is 5.43 Å². The quantitative estimate of drug-likeness (QED) is 0.606. The Labute approximate surface area is 126 Å². The van der Waals surface area contributed by atoms with Gasteiger partial charge in [-0.05, 0) is 25.5 Å². The predicted octanol–water partition coefficient (Wildman–Crippen LogP) is 0.472. The lowest BCUT2D eigenvalue weighted by Crippen LogP contribution is -2.51. The molecular formula is C13H23N5O2S. The molecule has 118 valence electrons. The van der Waals surface area contributed by atoms with Crippen LogP contribution in [0, 0.1) is 0 Å². The van der Waals surface area contributed by atoms with Crippen molar-refractivity contribution in [3.63, 3.8) is 0 Å². The van der Waals surface area contributed by atoms with Crippen molar-refractivity contribution in [1.29, 1.82) is 0 Å². The molecule has 0 aromatic carbocycles. The molecule has 0 aliphatic carbocycles. The highest BCUT2D eigenvalue weighted by Crippen LogP contribution is 2.23. The van der Waals surface area contributed by atoms with Crippen molar-refractivity contribution < 1.29 is 8.42 Å². The first-order valence-electron chi connectivity index (χ1n) is 7.16. The second-order valence-electron chi connectivity index (χ2n) is 5.19. The van der Waals surface area contributed by atoms with E-state index in [1.54, 1.807) is 6.07 Å². The number of nitrogens with zero attached hydrogens (tertiary/aromatic N) is 3. The van der Waals surface area contributed by atoms with E-state index in [2.05, 4.69) is 29.2 Å². The number of hydrazine groups is 1. The fraction of sp³-hybridized carbons (Fsp3) is 0.615. The van der Waals surface area contributed by atoms with Gasteiger partial charge in [-0.25, -0.2) is 19.2 Å². The third-order valence-electron chi connectivity index (χ3n) is 4.01. The molecule has 1 aliphatic heterocycles. The zero-order valence-electron chi connectivity index (χ0n) is 12.5. The molecular weight excluding hydrogens is 290 g/mol. The van der Waals surface area contributed by atoms with Crippen LogP contribution < -0.4 is 11.3 Å². The summed E-state index contributed by atoms with van der Waals surface area (Å²) < 4.78 is 26.9. The van der Waals surface area contributed by atoms with Gasteiger partial charge in [0.25, 0.3) is 0 Å². The van der Waals surface area contributed by atoms with Gasteiger partial charge in [-0.1, -0.05) is 6.92 Å². The highest BCUT2D eigenvalue weighted by atomic mass is 32.2. The molecule has 0 bridgehead atoms. The van der Waals surface area contributed by atoms with Crippen LogP contribution in [0.5, 0.6) is 0 Å². The van der Waals surface area contributed by atoms with Crippen molar-refractivity contribution in [2.45, 2.75) is 31.2 Å². The highest BCUT2D eigenvalue weighted by molar-refractivity contribution is 7.89. The minimum absolute atomic E-state index is 0.129. The summed E-state index contributed by atoms with van der Waals surface area (Å²) in [7, 11) is -3.56. The van der Waals surface area contributed by atoms with Gasteiger partial charge in [-0.2, -0.15) is 4.31 Å². The number of rotatable bonds is 5. The first-order valence-corrected chi connectivity index (χ1v) is 8.60. The maximum atomic E-state index is 12.7. The molecule has 1 aromatic heterocycles. The van der Waals surface area contributed by atoms with Crippen LogP contribution in [0.25, 0.3) is 0 Å². The Balaban J connectivity index is 2.15. The van der Waals surface area contributed by atoms with Gasteiger partial charge in [0.05, 0.1) is 0 Å². The molecule has 2 rings (SSSR count). The third kappa shape index (κ3) is 3.34. The molecule has 0 radical (unpaired) electrons. The summed E-state index contributed by atoms with van der Waals surface area (Å²) in [5.41, 5.74) is 2.35. The largest absolute Gasteiger partial charge is 0.307 e.